The van der Waals surface area contributed by atoms with Gasteiger partial charge in [-0.25, -0.2) is 0 Å². The topological polar surface area (TPSA) is 102 Å². The van der Waals surface area contributed by atoms with Crippen molar-refractivity contribution in [2.75, 3.05) is 22.1 Å². The van der Waals surface area contributed by atoms with E-state index in [1.165, 1.54) is 11.8 Å². The lowest BCUT2D eigenvalue weighted by atomic mass is 10.2. The van der Waals surface area contributed by atoms with Crippen LogP contribution >= 0.6 is 11.8 Å². The van der Waals surface area contributed by atoms with E-state index in [9.17, 15) is 9.59 Å². The number of hydrogen-bond donors (Lipinski definition) is 2. The van der Waals surface area contributed by atoms with Crippen LogP contribution in [-0.2, 0) is 16.1 Å². The van der Waals surface area contributed by atoms with Crippen molar-refractivity contribution in [1.29, 1.82) is 0 Å². The molecule has 3 aromatic rings. The maximum Gasteiger partial charge on any atom is 0.235 e. The molecule has 0 saturated heterocycles. The van der Waals surface area contributed by atoms with Crippen molar-refractivity contribution in [3.05, 3.63) is 60.1 Å². The number of thioether (sulfide) groups is 1. The largest absolute Gasteiger partial charge is 0.360 e. The lowest BCUT2D eigenvalue weighted by Gasteiger charge is -2.07. The average Bonchev–Trinajstić information content (AvgIpc) is 3.28. The van der Waals surface area contributed by atoms with E-state index in [1.54, 1.807) is 19.2 Å². The summed E-state index contributed by atoms with van der Waals surface area (Å²) in [6, 6.07) is 11.1. The predicted octanol–water partition coefficient (Wildman–Crippen LogP) is 2.54. The number of rotatable bonds is 8. The number of amides is 2. The Morgan fingerprint density at radius 2 is 1.89 bits per heavy atom. The highest BCUT2D eigenvalue weighted by Crippen LogP contribution is 2.12. The summed E-state index contributed by atoms with van der Waals surface area (Å²) in [6.07, 6.45) is 3.63. The zero-order chi connectivity index (χ0) is 19.1. The smallest absolute Gasteiger partial charge is 0.235 e. The Morgan fingerprint density at radius 1 is 1.15 bits per heavy atom. The zero-order valence-corrected chi connectivity index (χ0v) is 15.5. The quantitative estimate of drug-likeness (QED) is 0.618. The normalized spacial score (nSPS) is 10.6. The first-order valence-electron chi connectivity index (χ1n) is 8.25. The average molecular weight is 385 g/mol. The molecule has 140 valence electrons. The van der Waals surface area contributed by atoms with Crippen LogP contribution in [0.1, 0.15) is 11.3 Å². The monoisotopic (exact) mass is 385 g/mol. The minimum atomic E-state index is -0.232. The number of hydrogen-bond acceptors (Lipinski definition) is 6. The van der Waals surface area contributed by atoms with E-state index >= 15 is 0 Å². The fraction of sp³-hybridized carbons (Fsp3) is 0.222. The van der Waals surface area contributed by atoms with Gasteiger partial charge in [0.1, 0.15) is 5.76 Å². The second-order valence-corrected chi connectivity index (χ2v) is 6.80. The van der Waals surface area contributed by atoms with Gasteiger partial charge >= 0.3 is 0 Å². The maximum absolute atomic E-state index is 12.0. The zero-order valence-electron chi connectivity index (χ0n) is 14.7. The van der Waals surface area contributed by atoms with E-state index < -0.39 is 0 Å². The minimum Gasteiger partial charge on any atom is -0.360 e. The lowest BCUT2D eigenvalue weighted by Crippen LogP contribution is -2.18. The molecule has 8 nitrogen and oxygen atoms in total. The van der Waals surface area contributed by atoms with Crippen LogP contribution < -0.4 is 10.6 Å². The van der Waals surface area contributed by atoms with Crippen molar-refractivity contribution >= 4 is 35.1 Å². The molecule has 1 aromatic carbocycles. The first-order valence-corrected chi connectivity index (χ1v) is 9.41. The molecule has 9 heteroatoms. The molecule has 0 fully saturated rings. The molecule has 0 aliphatic carbocycles. The Labute approximate surface area is 160 Å². The van der Waals surface area contributed by atoms with Crippen molar-refractivity contribution in [3.8, 4) is 0 Å². The molecule has 0 aliphatic heterocycles. The van der Waals surface area contributed by atoms with Gasteiger partial charge in [-0.15, -0.1) is 11.8 Å². The Bertz CT molecular complexity index is 890. The number of carbonyl (C=O) groups excluding carboxylic acids is 2. The molecule has 0 radical (unpaired) electrons. The second-order valence-electron chi connectivity index (χ2n) is 5.81. The van der Waals surface area contributed by atoms with Gasteiger partial charge in [0.25, 0.3) is 0 Å². The van der Waals surface area contributed by atoms with Crippen molar-refractivity contribution < 1.29 is 14.1 Å². The fourth-order valence-electron chi connectivity index (χ4n) is 2.31. The van der Waals surface area contributed by atoms with Gasteiger partial charge < -0.3 is 15.2 Å². The molecule has 2 heterocycles. The Balaban J connectivity index is 1.38. The third-order valence-corrected chi connectivity index (χ3v) is 4.44. The van der Waals surface area contributed by atoms with Crippen LogP contribution in [0.15, 0.2) is 53.3 Å². The summed E-state index contributed by atoms with van der Waals surface area (Å²) in [5, 5.41) is 13.3. The van der Waals surface area contributed by atoms with Crippen molar-refractivity contribution in [1.82, 2.24) is 14.9 Å². The highest BCUT2D eigenvalue weighted by Gasteiger charge is 2.08. The number of nitrogens with zero attached hydrogens (tertiary/aromatic N) is 3. The standard InChI is InChI=1S/C18H19N5O3S/c1-13-9-16(22-26-13)21-18(25)12-27-11-17(24)20-15-5-3-14(4-6-15)10-23-8-2-7-19-23/h2-9H,10-12H2,1H3,(H,20,24)(H,21,22,25). The molecule has 3 rings (SSSR count). The molecule has 0 saturated carbocycles. The fourth-order valence-corrected chi connectivity index (χ4v) is 2.93. The summed E-state index contributed by atoms with van der Waals surface area (Å²) in [5.41, 5.74) is 1.80. The van der Waals surface area contributed by atoms with E-state index in [0.717, 1.165) is 5.56 Å². The van der Waals surface area contributed by atoms with Crippen molar-refractivity contribution in [3.63, 3.8) is 0 Å². The molecular weight excluding hydrogens is 366 g/mol. The molecule has 0 atom stereocenters. The molecule has 0 bridgehead atoms. The Hall–Kier alpha value is -3.07. The highest BCUT2D eigenvalue weighted by atomic mass is 32.2. The summed E-state index contributed by atoms with van der Waals surface area (Å²) in [5.74, 6) is 0.933. The van der Waals surface area contributed by atoms with Crippen LogP contribution in [0.2, 0.25) is 0 Å². The highest BCUT2D eigenvalue weighted by molar-refractivity contribution is 8.00. The number of benzene rings is 1. The van der Waals surface area contributed by atoms with E-state index in [4.69, 9.17) is 4.52 Å². The van der Waals surface area contributed by atoms with E-state index in [0.29, 0.717) is 23.8 Å². The first-order chi connectivity index (χ1) is 13.1. The summed E-state index contributed by atoms with van der Waals surface area (Å²) in [4.78, 5) is 23.8. The first kappa shape index (κ1) is 18.7. The lowest BCUT2D eigenvalue weighted by molar-refractivity contribution is -0.114. The van der Waals surface area contributed by atoms with Crippen molar-refractivity contribution in [2.24, 2.45) is 0 Å². The van der Waals surface area contributed by atoms with E-state index in [2.05, 4.69) is 20.9 Å². The third-order valence-electron chi connectivity index (χ3n) is 3.50. The number of nitrogens with one attached hydrogen (secondary N) is 2. The van der Waals surface area contributed by atoms with E-state index in [-0.39, 0.29) is 23.3 Å². The van der Waals surface area contributed by atoms with Crippen LogP contribution in [0.4, 0.5) is 11.5 Å². The molecule has 0 aliphatic rings. The van der Waals surface area contributed by atoms with Gasteiger partial charge in [0, 0.05) is 24.1 Å². The third kappa shape index (κ3) is 6.00. The van der Waals surface area contributed by atoms with Crippen molar-refractivity contribution in [2.45, 2.75) is 13.5 Å². The second kappa shape index (κ2) is 9.04. The van der Waals surface area contributed by atoms with Crippen LogP contribution in [0.5, 0.6) is 0 Å². The molecule has 2 amide bonds. The molecule has 2 aromatic heterocycles. The summed E-state index contributed by atoms with van der Waals surface area (Å²) >= 11 is 1.23. The molecule has 0 spiro atoms. The van der Waals surface area contributed by atoms with Gasteiger partial charge in [0.05, 0.1) is 18.1 Å². The Morgan fingerprint density at radius 3 is 2.52 bits per heavy atom. The number of aryl methyl sites for hydroxylation is 1. The number of carbonyl (C=O) groups is 2. The van der Waals surface area contributed by atoms with Gasteiger partial charge in [-0.05, 0) is 30.7 Å². The SMILES string of the molecule is Cc1cc(NC(=O)CSCC(=O)Nc2ccc(Cn3cccn3)cc2)no1. The Kier molecular flexibility index (Phi) is 6.26. The molecule has 0 unspecified atom stereocenters. The maximum atomic E-state index is 12.0. The van der Waals surface area contributed by atoms with Crippen LogP contribution in [0.25, 0.3) is 0 Å². The van der Waals surface area contributed by atoms with Gasteiger partial charge in [0.2, 0.25) is 11.8 Å². The van der Waals surface area contributed by atoms with Gasteiger partial charge in [-0.2, -0.15) is 5.10 Å². The van der Waals surface area contributed by atoms with Crippen LogP contribution in [0.3, 0.4) is 0 Å². The molecule has 27 heavy (non-hydrogen) atoms. The summed E-state index contributed by atoms with van der Waals surface area (Å²) in [7, 11) is 0. The molecular formula is C18H19N5O3S. The number of aromatic nitrogens is 3. The minimum absolute atomic E-state index is 0.155. The predicted molar refractivity (Wildman–Crippen MR) is 104 cm³/mol. The van der Waals surface area contributed by atoms with Crippen LogP contribution in [0, 0.1) is 6.92 Å². The van der Waals surface area contributed by atoms with Gasteiger partial charge in [-0.1, -0.05) is 17.3 Å². The van der Waals surface area contributed by atoms with Gasteiger partial charge in [0.15, 0.2) is 5.82 Å². The number of anilines is 2. The molecule has 2 N–H and O–H groups in total. The summed E-state index contributed by atoms with van der Waals surface area (Å²) in [6.45, 7) is 2.42. The summed E-state index contributed by atoms with van der Waals surface area (Å²) < 4.78 is 6.70. The van der Waals surface area contributed by atoms with Gasteiger partial charge in [-0.3, -0.25) is 14.3 Å². The van der Waals surface area contributed by atoms with Crippen LogP contribution in [-0.4, -0.2) is 38.3 Å². The van der Waals surface area contributed by atoms with E-state index in [1.807, 2.05) is 41.2 Å².